The number of ether oxygens (including phenoxy) is 1. The molecule has 0 radical (unpaired) electrons. The number of hydrogen-bond acceptors (Lipinski definition) is 4. The lowest BCUT2D eigenvalue weighted by Crippen LogP contribution is -2.35. The lowest BCUT2D eigenvalue weighted by molar-refractivity contribution is -0.142. The van der Waals surface area contributed by atoms with Gasteiger partial charge in [-0.1, -0.05) is 6.07 Å². The van der Waals surface area contributed by atoms with E-state index >= 15 is 0 Å². The van der Waals surface area contributed by atoms with E-state index in [-0.39, 0.29) is 24.4 Å². The maximum atomic E-state index is 13.7. The van der Waals surface area contributed by atoms with Crippen molar-refractivity contribution in [2.45, 2.75) is 26.4 Å². The van der Waals surface area contributed by atoms with Gasteiger partial charge in [0.2, 0.25) is 0 Å². The number of aromatic nitrogens is 1. The van der Waals surface area contributed by atoms with E-state index in [0.717, 1.165) is 16.5 Å². The predicted octanol–water partition coefficient (Wildman–Crippen LogP) is 2.76. The summed E-state index contributed by atoms with van der Waals surface area (Å²) in [5, 5.41) is 0.759. The molecule has 0 unspecified atom stereocenters. The van der Waals surface area contributed by atoms with Crippen molar-refractivity contribution in [3.8, 4) is 0 Å². The number of halogens is 1. The molecule has 0 bridgehead atoms. The smallest absolute Gasteiger partial charge is 0.319 e. The number of esters is 1. The van der Waals surface area contributed by atoms with Crippen molar-refractivity contribution in [2.75, 3.05) is 13.7 Å². The fourth-order valence-electron chi connectivity index (χ4n) is 2.22. The van der Waals surface area contributed by atoms with Crippen molar-refractivity contribution in [2.24, 2.45) is 0 Å². The fraction of sp³-hybridized carbons (Fsp3) is 0.375. The van der Waals surface area contributed by atoms with E-state index in [4.69, 9.17) is 4.74 Å². The molecular weight excluding hydrogens is 271 g/mol. The average molecular weight is 290 g/mol. The van der Waals surface area contributed by atoms with Crippen LogP contribution in [0, 0.1) is 5.82 Å². The number of methoxy groups -OCH3 is 1. The van der Waals surface area contributed by atoms with Crippen LogP contribution in [0.3, 0.4) is 0 Å². The van der Waals surface area contributed by atoms with Crippen LogP contribution in [0.25, 0.3) is 10.9 Å². The largest absolute Gasteiger partial charge is 0.468 e. The zero-order chi connectivity index (χ0) is 15.4. The van der Waals surface area contributed by atoms with E-state index in [1.165, 1.54) is 19.2 Å². The highest BCUT2D eigenvalue weighted by molar-refractivity contribution is 5.81. The summed E-state index contributed by atoms with van der Waals surface area (Å²) < 4.78 is 18.4. The second-order valence-corrected chi connectivity index (χ2v) is 5.21. The summed E-state index contributed by atoms with van der Waals surface area (Å²) in [6, 6.07) is 6.68. The Morgan fingerprint density at radius 3 is 2.86 bits per heavy atom. The molecule has 0 atom stereocenters. The second-order valence-electron chi connectivity index (χ2n) is 5.21. The lowest BCUT2D eigenvalue weighted by atomic mass is 10.1. The third-order valence-electron chi connectivity index (χ3n) is 3.41. The Balaban J connectivity index is 2.34. The summed E-state index contributed by atoms with van der Waals surface area (Å²) in [4.78, 5) is 17.7. The zero-order valence-electron chi connectivity index (χ0n) is 12.5. The summed E-state index contributed by atoms with van der Waals surface area (Å²) in [6.45, 7) is 4.58. The summed E-state index contributed by atoms with van der Waals surface area (Å²) >= 11 is 0. The normalized spacial score (nSPS) is 11.3. The van der Waals surface area contributed by atoms with Gasteiger partial charge in [-0.25, -0.2) is 4.39 Å². The van der Waals surface area contributed by atoms with Crippen LogP contribution in [-0.2, 0) is 16.1 Å². The van der Waals surface area contributed by atoms with Gasteiger partial charge in [0.25, 0.3) is 0 Å². The number of benzene rings is 1. The van der Waals surface area contributed by atoms with Gasteiger partial charge in [0.1, 0.15) is 5.82 Å². The van der Waals surface area contributed by atoms with E-state index in [1.807, 2.05) is 24.8 Å². The fourth-order valence-corrected chi connectivity index (χ4v) is 2.22. The lowest BCUT2D eigenvalue weighted by Gasteiger charge is -2.25. The molecule has 2 aromatic rings. The van der Waals surface area contributed by atoms with Crippen LogP contribution in [0.5, 0.6) is 0 Å². The molecule has 1 aromatic heterocycles. The van der Waals surface area contributed by atoms with Crippen LogP contribution in [-0.4, -0.2) is 35.5 Å². The van der Waals surface area contributed by atoms with E-state index in [0.29, 0.717) is 6.54 Å². The molecule has 0 aliphatic heterocycles. The Kier molecular flexibility index (Phi) is 4.85. The van der Waals surface area contributed by atoms with Crippen molar-refractivity contribution in [1.29, 1.82) is 0 Å². The summed E-state index contributed by atoms with van der Waals surface area (Å²) in [6.07, 6.45) is 1.68. The third-order valence-corrected chi connectivity index (χ3v) is 3.41. The van der Waals surface area contributed by atoms with Gasteiger partial charge in [-0.3, -0.25) is 14.7 Å². The number of nitrogens with zero attached hydrogens (tertiary/aromatic N) is 2. The first kappa shape index (κ1) is 15.4. The first-order valence-corrected chi connectivity index (χ1v) is 6.85. The molecule has 0 N–H and O–H groups in total. The summed E-state index contributed by atoms with van der Waals surface area (Å²) in [5.74, 6) is -0.607. The molecule has 2 rings (SSSR count). The van der Waals surface area contributed by atoms with Crippen molar-refractivity contribution in [1.82, 2.24) is 9.88 Å². The van der Waals surface area contributed by atoms with Gasteiger partial charge in [0, 0.05) is 24.2 Å². The van der Waals surface area contributed by atoms with Crippen LogP contribution >= 0.6 is 0 Å². The molecule has 0 spiro atoms. The number of hydrogen-bond donors (Lipinski definition) is 0. The number of fused-ring (bicyclic) bond motifs is 1. The molecule has 0 aliphatic rings. The first-order chi connectivity index (χ1) is 10.0. The summed E-state index contributed by atoms with van der Waals surface area (Å²) in [7, 11) is 1.36. The Labute approximate surface area is 123 Å². The van der Waals surface area contributed by atoms with E-state index in [2.05, 4.69) is 4.98 Å². The highest BCUT2D eigenvalue weighted by atomic mass is 19.1. The molecule has 1 aromatic carbocycles. The minimum atomic E-state index is -0.308. The molecule has 0 fully saturated rings. The van der Waals surface area contributed by atoms with Crippen molar-refractivity contribution in [3.05, 3.63) is 41.8 Å². The highest BCUT2D eigenvalue weighted by Crippen LogP contribution is 2.20. The number of pyridine rings is 1. The molecule has 0 saturated heterocycles. The molecule has 21 heavy (non-hydrogen) atoms. The quantitative estimate of drug-likeness (QED) is 0.794. The molecule has 4 nitrogen and oxygen atoms in total. The van der Waals surface area contributed by atoms with E-state index in [9.17, 15) is 9.18 Å². The van der Waals surface area contributed by atoms with Gasteiger partial charge in [0.05, 0.1) is 19.2 Å². The van der Waals surface area contributed by atoms with E-state index < -0.39 is 0 Å². The van der Waals surface area contributed by atoms with E-state index in [1.54, 1.807) is 12.3 Å². The topological polar surface area (TPSA) is 42.4 Å². The second kappa shape index (κ2) is 6.63. The molecule has 5 heteroatoms. The van der Waals surface area contributed by atoms with Crippen LogP contribution in [0.15, 0.2) is 30.5 Å². The van der Waals surface area contributed by atoms with Gasteiger partial charge >= 0.3 is 5.97 Å². The standard InChI is InChI=1S/C16H19FN2O2/c1-11(2)19(10-15(20)21-3)9-13-8-14(17)7-12-5-4-6-18-16(12)13/h4-8,11H,9-10H2,1-3H3. The minimum absolute atomic E-state index is 0.131. The molecule has 0 aliphatic carbocycles. The van der Waals surface area contributed by atoms with Crippen molar-refractivity contribution < 1.29 is 13.9 Å². The van der Waals surface area contributed by atoms with Gasteiger partial charge in [0.15, 0.2) is 0 Å². The Morgan fingerprint density at radius 1 is 1.43 bits per heavy atom. The van der Waals surface area contributed by atoms with Gasteiger partial charge in [-0.15, -0.1) is 0 Å². The van der Waals surface area contributed by atoms with Crippen LogP contribution in [0.4, 0.5) is 4.39 Å². The maximum Gasteiger partial charge on any atom is 0.319 e. The van der Waals surface area contributed by atoms with Gasteiger partial charge in [-0.05, 0) is 37.6 Å². The number of carbonyl (C=O) groups excluding carboxylic acids is 1. The van der Waals surface area contributed by atoms with Crippen LogP contribution in [0.1, 0.15) is 19.4 Å². The molecule has 0 amide bonds. The van der Waals surface area contributed by atoms with Crippen molar-refractivity contribution in [3.63, 3.8) is 0 Å². The Hall–Kier alpha value is -2.01. The van der Waals surface area contributed by atoms with Gasteiger partial charge in [-0.2, -0.15) is 0 Å². The monoisotopic (exact) mass is 290 g/mol. The number of carbonyl (C=O) groups is 1. The average Bonchev–Trinajstić information content (AvgIpc) is 2.45. The summed E-state index contributed by atoms with van der Waals surface area (Å²) in [5.41, 5.74) is 1.53. The molecular formula is C16H19FN2O2. The Morgan fingerprint density at radius 2 is 2.19 bits per heavy atom. The molecule has 1 heterocycles. The van der Waals surface area contributed by atoms with Crippen LogP contribution in [0.2, 0.25) is 0 Å². The molecule has 112 valence electrons. The highest BCUT2D eigenvalue weighted by Gasteiger charge is 2.17. The van der Waals surface area contributed by atoms with Gasteiger partial charge < -0.3 is 4.74 Å². The molecule has 0 saturated carbocycles. The number of rotatable bonds is 5. The van der Waals surface area contributed by atoms with Crippen molar-refractivity contribution >= 4 is 16.9 Å². The maximum absolute atomic E-state index is 13.7. The zero-order valence-corrected chi connectivity index (χ0v) is 12.5. The predicted molar refractivity (Wildman–Crippen MR) is 79.3 cm³/mol. The first-order valence-electron chi connectivity index (χ1n) is 6.85. The minimum Gasteiger partial charge on any atom is -0.468 e. The Bertz CT molecular complexity index is 643. The third kappa shape index (κ3) is 3.76. The van der Waals surface area contributed by atoms with Crippen LogP contribution < -0.4 is 0 Å². The SMILES string of the molecule is COC(=O)CN(Cc1cc(F)cc2cccnc12)C(C)C.